The maximum atomic E-state index is 11.3. The Morgan fingerprint density at radius 3 is 2.29 bits per heavy atom. The lowest BCUT2D eigenvalue weighted by Crippen LogP contribution is -2.28. The second-order valence-corrected chi connectivity index (χ2v) is 3.31. The SMILES string of the molecule is CCCOC(=O)C(C)C(CC)C(=O)O. The lowest BCUT2D eigenvalue weighted by molar-refractivity contribution is -0.157. The third kappa shape index (κ3) is 3.77. The molecule has 0 aromatic carbocycles. The summed E-state index contributed by atoms with van der Waals surface area (Å²) in [5.41, 5.74) is 0. The molecule has 0 saturated heterocycles. The molecule has 0 aliphatic carbocycles. The first-order valence-corrected chi connectivity index (χ1v) is 4.94. The van der Waals surface area contributed by atoms with Crippen molar-refractivity contribution in [3.63, 3.8) is 0 Å². The largest absolute Gasteiger partial charge is 0.481 e. The van der Waals surface area contributed by atoms with E-state index < -0.39 is 23.8 Å². The lowest BCUT2D eigenvalue weighted by atomic mass is 9.92. The van der Waals surface area contributed by atoms with Crippen LogP contribution in [0.4, 0.5) is 0 Å². The molecule has 0 aromatic rings. The Balaban J connectivity index is 4.20. The van der Waals surface area contributed by atoms with Crippen LogP contribution in [0.15, 0.2) is 0 Å². The van der Waals surface area contributed by atoms with Crippen LogP contribution < -0.4 is 0 Å². The van der Waals surface area contributed by atoms with Crippen molar-refractivity contribution in [3.05, 3.63) is 0 Å². The van der Waals surface area contributed by atoms with E-state index in [1.807, 2.05) is 6.92 Å². The normalized spacial score (nSPS) is 14.5. The van der Waals surface area contributed by atoms with Crippen molar-refractivity contribution in [3.8, 4) is 0 Å². The second-order valence-electron chi connectivity index (χ2n) is 3.31. The molecule has 0 spiro atoms. The Kier molecular flexibility index (Phi) is 5.92. The first-order chi connectivity index (χ1) is 6.54. The molecule has 0 saturated carbocycles. The maximum Gasteiger partial charge on any atom is 0.309 e. The highest BCUT2D eigenvalue weighted by atomic mass is 16.5. The van der Waals surface area contributed by atoms with Crippen LogP contribution >= 0.6 is 0 Å². The standard InChI is InChI=1S/C10H18O4/c1-4-6-14-10(13)7(3)8(5-2)9(11)12/h7-8H,4-6H2,1-3H3,(H,11,12). The number of carboxylic acids is 1. The zero-order valence-corrected chi connectivity index (χ0v) is 8.95. The zero-order valence-electron chi connectivity index (χ0n) is 8.95. The fourth-order valence-electron chi connectivity index (χ4n) is 1.24. The molecule has 4 nitrogen and oxygen atoms in total. The zero-order chi connectivity index (χ0) is 11.1. The molecule has 0 aliphatic rings. The van der Waals surface area contributed by atoms with Crippen molar-refractivity contribution in [2.45, 2.75) is 33.6 Å². The van der Waals surface area contributed by atoms with Gasteiger partial charge in [-0.25, -0.2) is 0 Å². The Morgan fingerprint density at radius 1 is 1.36 bits per heavy atom. The smallest absolute Gasteiger partial charge is 0.309 e. The summed E-state index contributed by atoms with van der Waals surface area (Å²) in [6.07, 6.45) is 1.19. The molecule has 14 heavy (non-hydrogen) atoms. The van der Waals surface area contributed by atoms with Gasteiger partial charge in [0.2, 0.25) is 0 Å². The molecule has 0 heterocycles. The third-order valence-electron chi connectivity index (χ3n) is 2.18. The van der Waals surface area contributed by atoms with Gasteiger partial charge in [0.15, 0.2) is 0 Å². The topological polar surface area (TPSA) is 63.6 Å². The summed E-state index contributed by atoms with van der Waals surface area (Å²) in [5.74, 6) is -2.56. The molecule has 2 atom stereocenters. The van der Waals surface area contributed by atoms with Gasteiger partial charge in [0.1, 0.15) is 0 Å². The van der Waals surface area contributed by atoms with Gasteiger partial charge in [0.25, 0.3) is 0 Å². The highest BCUT2D eigenvalue weighted by Crippen LogP contribution is 2.17. The van der Waals surface area contributed by atoms with E-state index in [0.717, 1.165) is 6.42 Å². The fraction of sp³-hybridized carbons (Fsp3) is 0.800. The van der Waals surface area contributed by atoms with E-state index in [1.165, 1.54) is 0 Å². The number of hydrogen-bond donors (Lipinski definition) is 1. The van der Waals surface area contributed by atoms with Crippen molar-refractivity contribution < 1.29 is 19.4 Å². The van der Waals surface area contributed by atoms with Crippen LogP contribution in [-0.4, -0.2) is 23.7 Å². The summed E-state index contributed by atoms with van der Waals surface area (Å²) in [6, 6.07) is 0. The van der Waals surface area contributed by atoms with E-state index >= 15 is 0 Å². The molecule has 1 N–H and O–H groups in total. The summed E-state index contributed by atoms with van der Waals surface area (Å²) >= 11 is 0. The predicted molar refractivity (Wildman–Crippen MR) is 51.8 cm³/mol. The Hall–Kier alpha value is -1.06. The minimum Gasteiger partial charge on any atom is -0.481 e. The van der Waals surface area contributed by atoms with Crippen LogP contribution in [0, 0.1) is 11.8 Å². The van der Waals surface area contributed by atoms with Crippen molar-refractivity contribution in [1.82, 2.24) is 0 Å². The fourth-order valence-corrected chi connectivity index (χ4v) is 1.24. The number of aliphatic carboxylic acids is 1. The lowest BCUT2D eigenvalue weighted by Gasteiger charge is -2.16. The monoisotopic (exact) mass is 202 g/mol. The average molecular weight is 202 g/mol. The highest BCUT2D eigenvalue weighted by molar-refractivity contribution is 5.80. The number of rotatable bonds is 6. The Morgan fingerprint density at radius 2 is 1.93 bits per heavy atom. The summed E-state index contributed by atoms with van der Waals surface area (Å²) in [6.45, 7) is 5.61. The van der Waals surface area contributed by atoms with Gasteiger partial charge < -0.3 is 9.84 Å². The van der Waals surface area contributed by atoms with E-state index in [0.29, 0.717) is 13.0 Å². The van der Waals surface area contributed by atoms with Crippen molar-refractivity contribution in [2.75, 3.05) is 6.61 Å². The van der Waals surface area contributed by atoms with Crippen LogP contribution in [0.3, 0.4) is 0 Å². The van der Waals surface area contributed by atoms with E-state index in [1.54, 1.807) is 13.8 Å². The van der Waals surface area contributed by atoms with Gasteiger partial charge in [0.05, 0.1) is 18.4 Å². The molecule has 0 aromatic heterocycles. The predicted octanol–water partition coefficient (Wildman–Crippen LogP) is 1.69. The van der Waals surface area contributed by atoms with Crippen LogP contribution in [0.2, 0.25) is 0 Å². The summed E-state index contributed by atoms with van der Waals surface area (Å²) in [5, 5.41) is 8.81. The van der Waals surface area contributed by atoms with E-state index in [-0.39, 0.29) is 0 Å². The Labute approximate surface area is 84.3 Å². The number of hydrogen-bond acceptors (Lipinski definition) is 3. The Bertz CT molecular complexity index is 200. The first kappa shape index (κ1) is 12.9. The molecule has 0 radical (unpaired) electrons. The minimum absolute atomic E-state index is 0.360. The summed E-state index contributed by atoms with van der Waals surface area (Å²) < 4.78 is 4.88. The molecule has 2 unspecified atom stereocenters. The molecule has 0 amide bonds. The van der Waals surface area contributed by atoms with Gasteiger partial charge in [-0.3, -0.25) is 9.59 Å². The van der Waals surface area contributed by atoms with Crippen LogP contribution in [-0.2, 0) is 14.3 Å². The van der Waals surface area contributed by atoms with Crippen molar-refractivity contribution in [1.29, 1.82) is 0 Å². The van der Waals surface area contributed by atoms with Gasteiger partial charge >= 0.3 is 11.9 Å². The van der Waals surface area contributed by atoms with E-state index in [9.17, 15) is 9.59 Å². The van der Waals surface area contributed by atoms with E-state index in [2.05, 4.69) is 0 Å². The highest BCUT2D eigenvalue weighted by Gasteiger charge is 2.29. The van der Waals surface area contributed by atoms with Gasteiger partial charge in [-0.1, -0.05) is 20.8 Å². The summed E-state index contributed by atoms with van der Waals surface area (Å²) in [7, 11) is 0. The van der Waals surface area contributed by atoms with Crippen molar-refractivity contribution >= 4 is 11.9 Å². The average Bonchev–Trinajstić information content (AvgIpc) is 2.14. The third-order valence-corrected chi connectivity index (χ3v) is 2.18. The second kappa shape index (κ2) is 6.40. The van der Waals surface area contributed by atoms with Gasteiger partial charge in [-0.2, -0.15) is 0 Å². The molecule has 0 aliphatic heterocycles. The molecule has 0 fully saturated rings. The van der Waals surface area contributed by atoms with E-state index in [4.69, 9.17) is 9.84 Å². The first-order valence-electron chi connectivity index (χ1n) is 4.94. The molecule has 4 heteroatoms. The molecule has 0 rings (SSSR count). The summed E-state index contributed by atoms with van der Waals surface area (Å²) in [4.78, 5) is 22.1. The quantitative estimate of drug-likeness (QED) is 0.666. The number of ether oxygens (including phenoxy) is 1. The van der Waals surface area contributed by atoms with Crippen LogP contribution in [0.25, 0.3) is 0 Å². The van der Waals surface area contributed by atoms with Crippen molar-refractivity contribution in [2.24, 2.45) is 11.8 Å². The molecular formula is C10H18O4. The van der Waals surface area contributed by atoms with Crippen LogP contribution in [0.1, 0.15) is 33.6 Å². The number of esters is 1. The van der Waals surface area contributed by atoms with Crippen LogP contribution in [0.5, 0.6) is 0 Å². The number of carbonyl (C=O) groups is 2. The molecular weight excluding hydrogens is 184 g/mol. The number of carbonyl (C=O) groups excluding carboxylic acids is 1. The minimum atomic E-state index is -0.937. The molecule has 0 bridgehead atoms. The van der Waals surface area contributed by atoms with Gasteiger partial charge in [0, 0.05) is 0 Å². The number of carboxylic acid groups (broad SMARTS) is 1. The van der Waals surface area contributed by atoms with Gasteiger partial charge in [-0.15, -0.1) is 0 Å². The molecule has 82 valence electrons. The maximum absolute atomic E-state index is 11.3. The van der Waals surface area contributed by atoms with Gasteiger partial charge in [-0.05, 0) is 12.8 Å².